The van der Waals surface area contributed by atoms with E-state index in [0.717, 1.165) is 13.0 Å². The first kappa shape index (κ1) is 29.4. The van der Waals surface area contributed by atoms with E-state index in [4.69, 9.17) is 18.6 Å². The van der Waals surface area contributed by atoms with Crippen LogP contribution in [0, 0.1) is 26.6 Å². The van der Waals surface area contributed by atoms with E-state index >= 15 is 0 Å². The van der Waals surface area contributed by atoms with Crippen molar-refractivity contribution < 1.29 is 37.2 Å². The molecule has 23 heavy (non-hydrogen) atoms. The van der Waals surface area contributed by atoms with Crippen LogP contribution in [0.2, 0.25) is 0 Å². The molecule has 5 nitrogen and oxygen atoms in total. The van der Waals surface area contributed by atoms with Crippen LogP contribution in [-0.4, -0.2) is 25.5 Å². The van der Waals surface area contributed by atoms with Crippen molar-refractivity contribution in [3.63, 3.8) is 0 Å². The normalized spacial score (nSPS) is 7.26. The molecule has 0 bridgehead atoms. The molecule has 0 aliphatic rings. The molecule has 1 radical (unpaired) electrons. The zero-order chi connectivity index (χ0) is 18.0. The zero-order valence-corrected chi connectivity index (χ0v) is 14.3. The van der Waals surface area contributed by atoms with Gasteiger partial charge in [-0.3, -0.25) is 0 Å². The Morgan fingerprint density at radius 2 is 1.39 bits per heavy atom. The molecule has 0 heterocycles. The Labute approximate surface area is 148 Å². The Bertz CT molecular complexity index is 558. The summed E-state index contributed by atoms with van der Waals surface area (Å²) in [6, 6.07) is 13.0. The predicted octanol–water partition coefficient (Wildman–Crippen LogP) is 2.51. The Kier molecular flexibility index (Phi) is 28.9. The Morgan fingerprint density at radius 3 is 1.87 bits per heavy atom. The van der Waals surface area contributed by atoms with Gasteiger partial charge in [0.2, 0.25) is 0 Å². The van der Waals surface area contributed by atoms with Gasteiger partial charge in [-0.25, -0.2) is 0 Å². The van der Waals surface area contributed by atoms with Crippen molar-refractivity contribution in [3.8, 4) is 0 Å². The molecule has 0 amide bonds. The van der Waals surface area contributed by atoms with Crippen molar-refractivity contribution in [2.45, 2.75) is 6.42 Å². The number of rotatable bonds is 3. The Balaban J connectivity index is -0.000000176. The van der Waals surface area contributed by atoms with Crippen LogP contribution in [0.15, 0.2) is 36.4 Å². The minimum Gasteiger partial charge on any atom is 0 e. The maximum Gasteiger partial charge on any atom is 0 e. The topological polar surface area (TPSA) is 82.8 Å². The Morgan fingerprint density at radius 1 is 0.870 bits per heavy atom. The van der Waals surface area contributed by atoms with Crippen molar-refractivity contribution in [3.05, 3.63) is 68.6 Å². The summed E-state index contributed by atoms with van der Waals surface area (Å²) in [6.07, 6.45) is 1.14. The van der Waals surface area contributed by atoms with Gasteiger partial charge in [0, 0.05) is 18.6 Å². The molecule has 2 rings (SSSR count). The van der Waals surface area contributed by atoms with E-state index in [9.17, 15) is 0 Å². The summed E-state index contributed by atoms with van der Waals surface area (Å²) >= 11 is 0. The summed E-state index contributed by atoms with van der Waals surface area (Å²) < 4.78 is 30.0. The smallest absolute Gasteiger partial charge is 0 e. The number of fused-ring (bicyclic) bond motifs is 1. The molecule has 0 aromatic heterocycles. The number of hydrogen-bond acceptors (Lipinski definition) is 1. The minimum absolute atomic E-state index is 0. The molecular weight excluding hydrogens is 333 g/mol. The van der Waals surface area contributed by atoms with Crippen LogP contribution >= 0.6 is 0 Å². The average molecular weight is 349 g/mol. The van der Waals surface area contributed by atoms with Gasteiger partial charge in [0.25, 0.3) is 0 Å². The Hall–Kier alpha value is -1.67. The molecule has 6 heteroatoms. The van der Waals surface area contributed by atoms with Gasteiger partial charge in [-0.2, -0.15) is 0 Å². The van der Waals surface area contributed by atoms with Gasteiger partial charge in [-0.15, -0.1) is 47.3 Å². The van der Waals surface area contributed by atoms with E-state index in [2.05, 4.69) is 82.0 Å². The van der Waals surface area contributed by atoms with Crippen LogP contribution in [0.5, 0.6) is 0 Å². The van der Waals surface area contributed by atoms with E-state index in [0.29, 0.717) is 0 Å². The summed E-state index contributed by atoms with van der Waals surface area (Å²) in [6.45, 7) is 19.1. The molecule has 2 aromatic carbocycles. The number of nitrogens with zero attached hydrogens (tertiary/aromatic N) is 1. The van der Waals surface area contributed by atoms with Crippen LogP contribution in [0.25, 0.3) is 10.8 Å². The molecule has 0 spiro atoms. The van der Waals surface area contributed by atoms with Crippen LogP contribution < -0.4 is 0 Å². The molecule has 0 N–H and O–H groups in total. The third-order valence-corrected chi connectivity index (χ3v) is 2.60. The quantitative estimate of drug-likeness (QED) is 0.619. The average Bonchev–Trinajstić information content (AvgIpc) is 3.03. The molecule has 0 fully saturated rings. The van der Waals surface area contributed by atoms with Gasteiger partial charge in [0.15, 0.2) is 0 Å². The minimum atomic E-state index is 0. The molecule has 2 aromatic rings. The van der Waals surface area contributed by atoms with Gasteiger partial charge in [-0.1, -0.05) is 5.39 Å². The van der Waals surface area contributed by atoms with Gasteiger partial charge < -0.3 is 4.90 Å². The maximum atomic E-state index is 7.50. The van der Waals surface area contributed by atoms with Crippen molar-refractivity contribution >= 4 is 10.8 Å². The van der Waals surface area contributed by atoms with Crippen LogP contribution in [0.4, 0.5) is 0 Å². The SMILES string of the molecule is CN(C)CCc1cc[c-]2ccccc12.[C-]#[O+].[C-]#[O+].[C-]#[O+].[C-]#[O+].[V]. The first-order valence-corrected chi connectivity index (χ1v) is 5.87. The molecule has 0 atom stereocenters. The number of hydrogen-bond donors (Lipinski definition) is 0. The van der Waals surface area contributed by atoms with Crippen molar-refractivity contribution in [2.24, 2.45) is 0 Å². The fourth-order valence-corrected chi connectivity index (χ4v) is 1.78. The molecule has 0 saturated carbocycles. The second kappa shape index (κ2) is 22.6. The summed E-state index contributed by atoms with van der Waals surface area (Å²) in [5, 5.41) is 2.77. The molecule has 0 unspecified atom stereocenters. The van der Waals surface area contributed by atoms with Crippen LogP contribution in [0.3, 0.4) is 0 Å². The fraction of sp³-hybridized carbons (Fsp3) is 0.235. The third-order valence-electron chi connectivity index (χ3n) is 2.60. The van der Waals surface area contributed by atoms with E-state index in [1.54, 1.807) is 0 Å². The third kappa shape index (κ3) is 12.6. The van der Waals surface area contributed by atoms with Gasteiger partial charge in [0.1, 0.15) is 0 Å². The van der Waals surface area contributed by atoms with E-state index in [1.807, 2.05) is 0 Å². The molecule has 119 valence electrons. The first-order chi connectivity index (χ1) is 10.8. The van der Waals surface area contributed by atoms with E-state index in [-0.39, 0.29) is 18.6 Å². The molecule has 0 aliphatic carbocycles. The van der Waals surface area contributed by atoms with Crippen molar-refractivity contribution in [1.82, 2.24) is 4.90 Å². The van der Waals surface area contributed by atoms with E-state index < -0.39 is 0 Å². The second-order valence-electron chi connectivity index (χ2n) is 4.00. The van der Waals surface area contributed by atoms with Gasteiger partial charge >= 0.3 is 45.2 Å². The maximum absolute atomic E-state index is 7.50. The largest absolute Gasteiger partial charge is 0 e. The van der Waals surface area contributed by atoms with Gasteiger partial charge in [-0.05, 0) is 27.1 Å². The standard InChI is InChI=1S/C13H16N.4CO.V/c1-14(2)10-9-12-8-7-11-5-3-4-6-13(11)12;4*1-2;/h3-8H,9-10H2,1-2H3;;;;;/q-1;;;;;. The second-order valence-corrected chi connectivity index (χ2v) is 4.00. The molecule has 0 aliphatic heterocycles. The van der Waals surface area contributed by atoms with E-state index in [1.165, 1.54) is 16.3 Å². The molecular formula is C17H16NO4V-. The summed E-state index contributed by atoms with van der Waals surface area (Å²) in [5.41, 5.74) is 1.47. The monoisotopic (exact) mass is 349 g/mol. The zero-order valence-electron chi connectivity index (χ0n) is 12.9. The number of likely N-dealkylation sites (N-methyl/N-ethyl adjacent to an activating group) is 1. The van der Waals surface area contributed by atoms with Crippen molar-refractivity contribution in [1.29, 1.82) is 0 Å². The number of benzene rings is 1. The summed E-state index contributed by atoms with van der Waals surface area (Å²) in [7, 11) is 4.23. The van der Waals surface area contributed by atoms with Crippen molar-refractivity contribution in [2.75, 3.05) is 20.6 Å². The molecule has 0 saturated heterocycles. The van der Waals surface area contributed by atoms with Gasteiger partial charge in [0.05, 0.1) is 0 Å². The van der Waals surface area contributed by atoms with Crippen LogP contribution in [0.1, 0.15) is 5.56 Å². The summed E-state index contributed by atoms with van der Waals surface area (Å²) in [4.78, 5) is 2.22. The predicted molar refractivity (Wildman–Crippen MR) is 77.5 cm³/mol. The van der Waals surface area contributed by atoms with Crippen LogP contribution in [-0.2, 0) is 43.6 Å². The fourth-order valence-electron chi connectivity index (χ4n) is 1.78. The first-order valence-electron chi connectivity index (χ1n) is 5.87. The summed E-state index contributed by atoms with van der Waals surface area (Å²) in [5.74, 6) is 0.